The van der Waals surface area contributed by atoms with E-state index in [9.17, 15) is 20.1 Å². The second kappa shape index (κ2) is 8.84. The van der Waals surface area contributed by atoms with Gasteiger partial charge in [0.15, 0.2) is 0 Å². The van der Waals surface area contributed by atoms with Gasteiger partial charge in [-0.25, -0.2) is 5.43 Å². The smallest absolute Gasteiger partial charge is 0.257 e. The summed E-state index contributed by atoms with van der Waals surface area (Å²) in [5, 5.41) is 38.4. The van der Waals surface area contributed by atoms with Gasteiger partial charge in [-0.2, -0.15) is 0 Å². The van der Waals surface area contributed by atoms with Crippen molar-refractivity contribution in [3.8, 4) is 0 Å². The topological polar surface area (TPSA) is 122 Å². The standard InChI is InChI=1S/C20H34N2O5/c1-13-7-8-15-19(2,10-9-16(25)20(15,3)12-24)14(13)5-4-6-17(26)21-22-18(27)11-23/h4,6,14-16,18,22-25,27H,1,5,7-12H2,2-3H3,(H,21,26)/b6-4+. The minimum atomic E-state index is -1.20. The quantitative estimate of drug-likeness (QED) is 0.166. The van der Waals surface area contributed by atoms with Gasteiger partial charge in [-0.15, -0.1) is 0 Å². The number of nitrogens with one attached hydrogen (secondary N) is 2. The van der Waals surface area contributed by atoms with Crippen LogP contribution in [0.15, 0.2) is 24.3 Å². The van der Waals surface area contributed by atoms with E-state index >= 15 is 0 Å². The summed E-state index contributed by atoms with van der Waals surface area (Å²) in [4.78, 5) is 11.8. The van der Waals surface area contributed by atoms with Crippen LogP contribution in [0.1, 0.15) is 46.0 Å². The van der Waals surface area contributed by atoms with Crippen LogP contribution in [0.4, 0.5) is 0 Å². The molecule has 6 N–H and O–H groups in total. The lowest BCUT2D eigenvalue weighted by molar-refractivity contribution is -0.151. The first kappa shape index (κ1) is 22.0. The fraction of sp³-hybridized carbons (Fsp3) is 0.750. The van der Waals surface area contributed by atoms with Crippen molar-refractivity contribution in [3.63, 3.8) is 0 Å². The predicted molar refractivity (Wildman–Crippen MR) is 102 cm³/mol. The zero-order chi connectivity index (χ0) is 20.2. The van der Waals surface area contributed by atoms with E-state index in [0.717, 1.165) is 24.8 Å². The molecule has 27 heavy (non-hydrogen) atoms. The molecule has 0 aromatic heterocycles. The third kappa shape index (κ3) is 4.43. The molecular formula is C20H34N2O5. The van der Waals surface area contributed by atoms with E-state index in [1.807, 2.05) is 6.92 Å². The number of carbonyl (C=O) groups is 1. The van der Waals surface area contributed by atoms with Gasteiger partial charge in [0.25, 0.3) is 5.91 Å². The average Bonchev–Trinajstić information content (AvgIpc) is 2.65. The molecule has 7 nitrogen and oxygen atoms in total. The van der Waals surface area contributed by atoms with Crippen LogP contribution in [0.5, 0.6) is 0 Å². The molecule has 0 bridgehead atoms. The number of amides is 1. The average molecular weight is 383 g/mol. The summed E-state index contributed by atoms with van der Waals surface area (Å²) < 4.78 is 0. The van der Waals surface area contributed by atoms with Crippen molar-refractivity contribution in [2.24, 2.45) is 22.7 Å². The van der Waals surface area contributed by atoms with E-state index in [1.54, 1.807) is 6.08 Å². The van der Waals surface area contributed by atoms with E-state index in [4.69, 9.17) is 5.11 Å². The Morgan fingerprint density at radius 1 is 1.37 bits per heavy atom. The van der Waals surface area contributed by atoms with Crippen molar-refractivity contribution in [1.82, 2.24) is 10.9 Å². The summed E-state index contributed by atoms with van der Waals surface area (Å²) >= 11 is 0. The molecule has 0 heterocycles. The predicted octanol–water partition coefficient (Wildman–Crippen LogP) is 0.606. The van der Waals surface area contributed by atoms with Crippen LogP contribution >= 0.6 is 0 Å². The molecule has 0 spiro atoms. The van der Waals surface area contributed by atoms with Crippen molar-refractivity contribution < 1.29 is 25.2 Å². The lowest BCUT2D eigenvalue weighted by Gasteiger charge is -2.59. The monoisotopic (exact) mass is 382 g/mol. The minimum absolute atomic E-state index is 0.0370. The maximum Gasteiger partial charge on any atom is 0.257 e. The van der Waals surface area contributed by atoms with Gasteiger partial charge < -0.3 is 20.4 Å². The molecule has 2 aliphatic carbocycles. The summed E-state index contributed by atoms with van der Waals surface area (Å²) in [6.45, 7) is 7.92. The molecule has 0 aromatic rings. The van der Waals surface area contributed by atoms with Gasteiger partial charge in [0.2, 0.25) is 0 Å². The largest absolute Gasteiger partial charge is 0.396 e. The van der Waals surface area contributed by atoms with Crippen LogP contribution in [0, 0.1) is 22.7 Å². The molecule has 7 heteroatoms. The van der Waals surface area contributed by atoms with Crippen molar-refractivity contribution in [1.29, 1.82) is 0 Å². The normalized spacial score (nSPS) is 37.9. The van der Waals surface area contributed by atoms with Crippen molar-refractivity contribution >= 4 is 5.91 Å². The van der Waals surface area contributed by atoms with Crippen LogP contribution in [0.3, 0.4) is 0 Å². The maximum absolute atomic E-state index is 11.8. The van der Waals surface area contributed by atoms with Gasteiger partial charge in [0, 0.05) is 11.5 Å². The fourth-order valence-corrected chi connectivity index (χ4v) is 5.19. The molecule has 2 saturated carbocycles. The van der Waals surface area contributed by atoms with E-state index in [2.05, 4.69) is 24.4 Å². The molecule has 2 aliphatic rings. The van der Waals surface area contributed by atoms with Gasteiger partial charge >= 0.3 is 0 Å². The molecule has 2 rings (SSSR count). The number of hydrazine groups is 1. The molecule has 154 valence electrons. The Labute approximate surface area is 161 Å². The van der Waals surface area contributed by atoms with Crippen LogP contribution in [-0.2, 0) is 4.79 Å². The summed E-state index contributed by atoms with van der Waals surface area (Å²) in [7, 11) is 0. The Bertz CT molecular complexity index is 581. The summed E-state index contributed by atoms with van der Waals surface area (Å²) in [5.41, 5.74) is 5.14. The number of fused-ring (bicyclic) bond motifs is 1. The van der Waals surface area contributed by atoms with Crippen molar-refractivity contribution in [3.05, 3.63) is 24.3 Å². The Hall–Kier alpha value is -1.25. The number of hydrogen-bond acceptors (Lipinski definition) is 6. The molecule has 2 fully saturated rings. The second-order valence-corrected chi connectivity index (χ2v) is 8.50. The van der Waals surface area contributed by atoms with E-state index in [1.165, 1.54) is 6.08 Å². The van der Waals surface area contributed by atoms with E-state index in [0.29, 0.717) is 12.8 Å². The maximum atomic E-state index is 11.8. The number of aliphatic hydroxyl groups is 4. The Kier molecular flexibility index (Phi) is 7.21. The van der Waals surface area contributed by atoms with E-state index in [-0.39, 0.29) is 23.9 Å². The number of aliphatic hydroxyl groups excluding tert-OH is 4. The van der Waals surface area contributed by atoms with Crippen LogP contribution < -0.4 is 10.9 Å². The fourth-order valence-electron chi connectivity index (χ4n) is 5.19. The van der Waals surface area contributed by atoms with Gasteiger partial charge in [-0.05, 0) is 49.4 Å². The van der Waals surface area contributed by atoms with Crippen molar-refractivity contribution in [2.75, 3.05) is 13.2 Å². The molecule has 0 saturated heterocycles. The molecular weight excluding hydrogens is 348 g/mol. The lowest BCUT2D eigenvalue weighted by atomic mass is 9.46. The lowest BCUT2D eigenvalue weighted by Crippen LogP contribution is -2.57. The van der Waals surface area contributed by atoms with Gasteiger partial charge in [0.1, 0.15) is 6.23 Å². The third-order valence-corrected chi connectivity index (χ3v) is 6.87. The van der Waals surface area contributed by atoms with Crippen molar-refractivity contribution in [2.45, 2.75) is 58.3 Å². The highest BCUT2D eigenvalue weighted by molar-refractivity contribution is 5.86. The summed E-state index contributed by atoms with van der Waals surface area (Å²) in [5.74, 6) is -0.0441. The number of carbonyl (C=O) groups excluding carboxylic acids is 1. The molecule has 6 unspecified atom stereocenters. The van der Waals surface area contributed by atoms with Gasteiger partial charge in [0.05, 0.1) is 19.3 Å². The third-order valence-electron chi connectivity index (χ3n) is 6.87. The summed E-state index contributed by atoms with van der Waals surface area (Å²) in [6.07, 6.45) is 5.43. The molecule has 0 radical (unpaired) electrons. The first-order valence-corrected chi connectivity index (χ1v) is 9.66. The SMILES string of the molecule is C=C1CCC2C(C)(CO)C(O)CCC2(C)C1C/C=C/C(=O)NNC(O)CO. The zero-order valence-corrected chi connectivity index (χ0v) is 16.3. The zero-order valence-electron chi connectivity index (χ0n) is 16.3. The highest BCUT2D eigenvalue weighted by Gasteiger charge is 2.57. The highest BCUT2D eigenvalue weighted by atomic mass is 16.3. The van der Waals surface area contributed by atoms with Crippen LogP contribution in [0.25, 0.3) is 0 Å². The number of allylic oxidation sites excluding steroid dienone is 2. The number of hydrogen-bond donors (Lipinski definition) is 6. The van der Waals surface area contributed by atoms with Crippen LogP contribution in [0.2, 0.25) is 0 Å². The Morgan fingerprint density at radius 2 is 2.07 bits per heavy atom. The Morgan fingerprint density at radius 3 is 2.70 bits per heavy atom. The van der Waals surface area contributed by atoms with Gasteiger partial charge in [-0.1, -0.05) is 32.1 Å². The van der Waals surface area contributed by atoms with Gasteiger partial charge in [-0.3, -0.25) is 10.2 Å². The van der Waals surface area contributed by atoms with E-state index < -0.39 is 30.3 Å². The molecule has 1 amide bonds. The first-order valence-electron chi connectivity index (χ1n) is 9.66. The van der Waals surface area contributed by atoms with Crippen LogP contribution in [-0.4, -0.2) is 51.9 Å². The highest BCUT2D eigenvalue weighted by Crippen LogP contribution is 2.61. The number of rotatable bonds is 7. The molecule has 6 atom stereocenters. The first-order chi connectivity index (χ1) is 12.7. The molecule has 0 aromatic carbocycles. The minimum Gasteiger partial charge on any atom is -0.396 e. The summed E-state index contributed by atoms with van der Waals surface area (Å²) in [6, 6.07) is 0. The second-order valence-electron chi connectivity index (χ2n) is 8.50. The Balaban J connectivity index is 2.08. The molecule has 0 aliphatic heterocycles.